The van der Waals surface area contributed by atoms with E-state index in [1.165, 1.54) is 18.4 Å². The minimum Gasteiger partial charge on any atom is -0.381 e. The highest BCUT2D eigenvalue weighted by Gasteiger charge is 2.42. The van der Waals surface area contributed by atoms with Gasteiger partial charge in [-0.25, -0.2) is 0 Å². The van der Waals surface area contributed by atoms with Crippen molar-refractivity contribution in [3.8, 4) is 0 Å². The summed E-state index contributed by atoms with van der Waals surface area (Å²) >= 11 is 6.03. The van der Waals surface area contributed by atoms with Crippen molar-refractivity contribution in [1.29, 1.82) is 0 Å². The van der Waals surface area contributed by atoms with E-state index in [9.17, 15) is 0 Å². The second-order valence-electron chi connectivity index (χ2n) is 7.43. The van der Waals surface area contributed by atoms with E-state index in [1.54, 1.807) is 0 Å². The summed E-state index contributed by atoms with van der Waals surface area (Å²) < 4.78 is 5.64. The molecule has 7 heteroatoms. The molecule has 2 atom stereocenters. The third-order valence-corrected chi connectivity index (χ3v) is 5.72. The van der Waals surface area contributed by atoms with Crippen LogP contribution in [0.25, 0.3) is 0 Å². The van der Waals surface area contributed by atoms with E-state index in [-0.39, 0.29) is 30.0 Å². The second-order valence-corrected chi connectivity index (χ2v) is 7.87. The smallest absolute Gasteiger partial charge is 0.193 e. The van der Waals surface area contributed by atoms with Gasteiger partial charge in [-0.15, -0.1) is 24.0 Å². The van der Waals surface area contributed by atoms with Crippen LogP contribution in [-0.4, -0.2) is 69.8 Å². The van der Waals surface area contributed by atoms with Crippen molar-refractivity contribution in [3.63, 3.8) is 0 Å². The molecule has 1 spiro atoms. The van der Waals surface area contributed by atoms with Gasteiger partial charge in [-0.1, -0.05) is 23.7 Å². The minimum atomic E-state index is 0. The van der Waals surface area contributed by atoms with Crippen LogP contribution in [0.2, 0.25) is 5.02 Å². The average Bonchev–Trinajstić information content (AvgIpc) is 3.23. The molecule has 2 unspecified atom stereocenters. The van der Waals surface area contributed by atoms with Crippen LogP contribution < -0.4 is 5.32 Å². The summed E-state index contributed by atoms with van der Waals surface area (Å²) in [7, 11) is 6.07. The Morgan fingerprint density at radius 3 is 2.65 bits per heavy atom. The molecule has 2 saturated heterocycles. The summed E-state index contributed by atoms with van der Waals surface area (Å²) in [6, 6.07) is 8.36. The number of guanidine groups is 1. The summed E-state index contributed by atoms with van der Waals surface area (Å²) in [5.74, 6) is 0.990. The van der Waals surface area contributed by atoms with E-state index < -0.39 is 0 Å². The first-order valence-electron chi connectivity index (χ1n) is 8.98. The molecule has 26 heavy (non-hydrogen) atoms. The maximum absolute atomic E-state index is 6.03. The Morgan fingerprint density at radius 1 is 1.35 bits per heavy atom. The number of nitrogens with one attached hydrogen (secondary N) is 1. The molecule has 1 aromatic carbocycles. The number of aliphatic imine (C=N–C) groups is 1. The number of halogens is 2. The Morgan fingerprint density at radius 2 is 2.08 bits per heavy atom. The highest BCUT2D eigenvalue weighted by Crippen LogP contribution is 2.38. The summed E-state index contributed by atoms with van der Waals surface area (Å²) in [4.78, 5) is 9.11. The first-order chi connectivity index (χ1) is 12.0. The Bertz CT molecular complexity index is 602. The van der Waals surface area contributed by atoms with Crippen LogP contribution in [0.15, 0.2) is 29.3 Å². The van der Waals surface area contributed by atoms with E-state index in [0.29, 0.717) is 5.41 Å². The summed E-state index contributed by atoms with van der Waals surface area (Å²) in [6.07, 6.45) is 2.37. The number of ether oxygens (including phenoxy) is 1. The van der Waals surface area contributed by atoms with E-state index in [2.05, 4.69) is 46.3 Å². The van der Waals surface area contributed by atoms with Gasteiger partial charge in [0.05, 0.1) is 12.6 Å². The highest BCUT2D eigenvalue weighted by molar-refractivity contribution is 14.0. The van der Waals surface area contributed by atoms with Crippen molar-refractivity contribution in [2.75, 3.05) is 54.0 Å². The molecule has 2 heterocycles. The highest BCUT2D eigenvalue weighted by atomic mass is 127. The Balaban J connectivity index is 0.00000243. The molecule has 2 aliphatic heterocycles. The molecule has 3 rings (SSSR count). The van der Waals surface area contributed by atoms with Gasteiger partial charge in [-0.05, 0) is 44.6 Å². The van der Waals surface area contributed by atoms with Gasteiger partial charge >= 0.3 is 0 Å². The largest absolute Gasteiger partial charge is 0.381 e. The molecule has 0 bridgehead atoms. The zero-order valence-electron chi connectivity index (χ0n) is 15.9. The molecule has 0 saturated carbocycles. The maximum Gasteiger partial charge on any atom is 0.193 e. The quantitative estimate of drug-likeness (QED) is 0.398. The molecule has 2 aliphatic rings. The van der Waals surface area contributed by atoms with Crippen molar-refractivity contribution in [1.82, 2.24) is 15.1 Å². The average molecular weight is 493 g/mol. The van der Waals surface area contributed by atoms with Gasteiger partial charge in [0.15, 0.2) is 5.96 Å². The lowest BCUT2D eigenvalue weighted by atomic mass is 9.87. The predicted octanol–water partition coefficient (Wildman–Crippen LogP) is 3.25. The SMILES string of the molecule is CN=C(NCC(c1ccc(Cl)cc1)N(C)C)N1CCC2(CCOC2)C1.I. The fourth-order valence-corrected chi connectivity index (χ4v) is 4.02. The van der Waals surface area contributed by atoms with Crippen LogP contribution in [0.1, 0.15) is 24.4 Å². The van der Waals surface area contributed by atoms with Gasteiger partial charge in [0.25, 0.3) is 0 Å². The van der Waals surface area contributed by atoms with Crippen molar-refractivity contribution < 1.29 is 4.74 Å². The number of hydrogen-bond donors (Lipinski definition) is 1. The Labute approximate surface area is 179 Å². The third kappa shape index (κ3) is 5.03. The summed E-state index contributed by atoms with van der Waals surface area (Å²) in [6.45, 7) is 4.70. The summed E-state index contributed by atoms with van der Waals surface area (Å²) in [5, 5.41) is 4.34. The predicted molar refractivity (Wildman–Crippen MR) is 119 cm³/mol. The van der Waals surface area contributed by atoms with Gasteiger partial charge in [-0.2, -0.15) is 0 Å². The molecule has 1 aromatic rings. The fraction of sp³-hybridized carbons (Fsp3) is 0.632. The molecular weight excluding hydrogens is 463 g/mol. The molecule has 0 aliphatic carbocycles. The van der Waals surface area contributed by atoms with Crippen LogP contribution in [0.4, 0.5) is 0 Å². The number of nitrogens with zero attached hydrogens (tertiary/aromatic N) is 3. The monoisotopic (exact) mass is 492 g/mol. The van der Waals surface area contributed by atoms with Gasteiger partial charge in [-0.3, -0.25) is 4.99 Å². The Hall–Kier alpha value is -0.570. The molecule has 1 N–H and O–H groups in total. The molecule has 0 radical (unpaired) electrons. The van der Waals surface area contributed by atoms with E-state index in [1.807, 2.05) is 19.2 Å². The third-order valence-electron chi connectivity index (χ3n) is 5.47. The van der Waals surface area contributed by atoms with Crippen molar-refractivity contribution in [2.24, 2.45) is 10.4 Å². The van der Waals surface area contributed by atoms with Crippen molar-refractivity contribution in [3.05, 3.63) is 34.9 Å². The number of rotatable bonds is 4. The van der Waals surface area contributed by atoms with E-state index in [4.69, 9.17) is 16.3 Å². The topological polar surface area (TPSA) is 40.1 Å². The first-order valence-corrected chi connectivity index (χ1v) is 9.36. The van der Waals surface area contributed by atoms with Gasteiger partial charge in [0.2, 0.25) is 0 Å². The molecule has 5 nitrogen and oxygen atoms in total. The summed E-state index contributed by atoms with van der Waals surface area (Å²) in [5.41, 5.74) is 1.59. The van der Waals surface area contributed by atoms with Crippen LogP contribution in [0.3, 0.4) is 0 Å². The van der Waals surface area contributed by atoms with Crippen LogP contribution >= 0.6 is 35.6 Å². The molecule has 0 amide bonds. The van der Waals surface area contributed by atoms with E-state index in [0.717, 1.165) is 43.8 Å². The first kappa shape index (κ1) is 21.7. The molecule has 146 valence electrons. The zero-order valence-corrected chi connectivity index (χ0v) is 19.0. The molecule has 0 aromatic heterocycles. The zero-order chi connectivity index (χ0) is 17.9. The number of hydrogen-bond acceptors (Lipinski definition) is 3. The lowest BCUT2D eigenvalue weighted by molar-refractivity contribution is 0.156. The van der Waals surface area contributed by atoms with Gasteiger partial charge < -0.3 is 19.9 Å². The molecule has 2 fully saturated rings. The minimum absolute atomic E-state index is 0. The standard InChI is InChI=1S/C19H29ClN4O.HI/c1-21-18(24-10-8-19(13-24)9-11-25-14-19)22-12-17(23(2)3)15-4-6-16(20)7-5-15;/h4-7,17H,8-14H2,1-3H3,(H,21,22);1H. The number of benzene rings is 1. The van der Waals surface area contributed by atoms with Gasteiger partial charge in [0, 0.05) is 43.7 Å². The lowest BCUT2D eigenvalue weighted by Crippen LogP contribution is -2.44. The van der Waals surface area contributed by atoms with Crippen LogP contribution in [0, 0.1) is 5.41 Å². The normalized spacial score (nSPS) is 24.2. The second kappa shape index (κ2) is 9.57. The van der Waals surface area contributed by atoms with Crippen LogP contribution in [-0.2, 0) is 4.74 Å². The molecular formula is C19H30ClIN4O. The Kier molecular flexibility index (Phi) is 8.00. The lowest BCUT2D eigenvalue weighted by Gasteiger charge is -2.29. The maximum atomic E-state index is 6.03. The van der Waals surface area contributed by atoms with E-state index >= 15 is 0 Å². The van der Waals surface area contributed by atoms with Crippen LogP contribution in [0.5, 0.6) is 0 Å². The number of likely N-dealkylation sites (N-methyl/N-ethyl adjacent to an activating group) is 1. The van der Waals surface area contributed by atoms with Gasteiger partial charge in [0.1, 0.15) is 0 Å². The van der Waals surface area contributed by atoms with Crippen molar-refractivity contribution in [2.45, 2.75) is 18.9 Å². The number of likely N-dealkylation sites (tertiary alicyclic amines) is 1. The fourth-order valence-electron chi connectivity index (χ4n) is 3.89. The van der Waals surface area contributed by atoms with Crippen molar-refractivity contribution >= 4 is 41.5 Å².